The molecule has 0 radical (unpaired) electrons. The second kappa shape index (κ2) is 2.41. The van der Waals surface area contributed by atoms with Gasteiger partial charge in [-0.1, -0.05) is 0 Å². The summed E-state index contributed by atoms with van der Waals surface area (Å²) in [4.78, 5) is 21.2. The fourth-order valence-electron chi connectivity index (χ4n) is 1.13. The Labute approximate surface area is 68.3 Å². The zero-order valence-electron chi connectivity index (χ0n) is 6.53. The number of aromatic nitrogens is 3. The van der Waals surface area contributed by atoms with E-state index in [4.69, 9.17) is 0 Å². The Kier molecular flexibility index (Phi) is 1.40. The fraction of sp³-hybridized carbons (Fsp3) is 0.125. The van der Waals surface area contributed by atoms with Gasteiger partial charge in [0.25, 0.3) is 0 Å². The van der Waals surface area contributed by atoms with Gasteiger partial charge in [0.1, 0.15) is 0 Å². The Morgan fingerprint density at radius 3 is 3.17 bits per heavy atom. The second-order valence-corrected chi connectivity index (χ2v) is 2.54. The normalized spacial score (nSPS) is 10.4. The number of fused-ring (bicyclic) bond motifs is 1. The highest BCUT2D eigenvalue weighted by atomic mass is 16.1. The molecular weight excluding hydrogens is 154 g/mol. The molecule has 0 aliphatic carbocycles. The van der Waals surface area contributed by atoms with Crippen LogP contribution in [0.4, 0.5) is 0 Å². The van der Waals surface area contributed by atoms with Crippen molar-refractivity contribution in [3.63, 3.8) is 0 Å². The first-order valence-electron chi connectivity index (χ1n) is 3.59. The molecule has 1 N–H and O–H groups in total. The Hall–Kier alpha value is -1.71. The van der Waals surface area contributed by atoms with E-state index in [9.17, 15) is 4.79 Å². The summed E-state index contributed by atoms with van der Waals surface area (Å²) in [6, 6.07) is 3.69. The lowest BCUT2D eigenvalue weighted by Crippen LogP contribution is -2.11. The molecule has 60 valence electrons. The maximum atomic E-state index is 10.9. The average Bonchev–Trinajstić information content (AvgIpc) is 2.04. The highest BCUT2D eigenvalue weighted by Crippen LogP contribution is 2.07. The molecule has 2 aromatic rings. The van der Waals surface area contributed by atoms with Crippen molar-refractivity contribution >= 4 is 11.0 Å². The smallest absolute Gasteiger partial charge is 0.309 e. The largest absolute Gasteiger partial charge is 0.347 e. The molecule has 0 unspecified atom stereocenters. The number of hydrogen-bond acceptors (Lipinski definition) is 3. The summed E-state index contributed by atoms with van der Waals surface area (Å²) in [6.45, 7) is 1.83. The van der Waals surface area contributed by atoms with Crippen LogP contribution in [0, 0.1) is 6.92 Å². The van der Waals surface area contributed by atoms with Gasteiger partial charge >= 0.3 is 5.69 Å². The summed E-state index contributed by atoms with van der Waals surface area (Å²) in [6.07, 6.45) is 1.62. The van der Waals surface area contributed by atoms with Crippen LogP contribution in [0.3, 0.4) is 0 Å². The van der Waals surface area contributed by atoms with Gasteiger partial charge in [-0.3, -0.25) is 0 Å². The lowest BCUT2D eigenvalue weighted by Gasteiger charge is -1.97. The van der Waals surface area contributed by atoms with E-state index in [0.29, 0.717) is 5.65 Å². The van der Waals surface area contributed by atoms with Gasteiger partial charge in [0, 0.05) is 17.3 Å². The third kappa shape index (κ3) is 0.972. The molecule has 2 rings (SSSR count). The Morgan fingerprint density at radius 1 is 1.50 bits per heavy atom. The molecule has 0 saturated heterocycles. The van der Waals surface area contributed by atoms with Gasteiger partial charge in [0.2, 0.25) is 0 Å². The SMILES string of the molecule is Cc1[nH]c(=O)nc2ncccc12. The Bertz CT molecular complexity index is 475. The average molecular weight is 161 g/mol. The number of nitrogens with one attached hydrogen (secondary N) is 1. The fourth-order valence-corrected chi connectivity index (χ4v) is 1.13. The molecule has 0 aliphatic rings. The predicted octanol–water partition coefficient (Wildman–Crippen LogP) is 0.627. The summed E-state index contributed by atoms with van der Waals surface area (Å²) in [5.74, 6) is 0. The first-order valence-corrected chi connectivity index (χ1v) is 3.59. The van der Waals surface area contributed by atoms with E-state index < -0.39 is 0 Å². The van der Waals surface area contributed by atoms with Gasteiger partial charge in [-0.15, -0.1) is 0 Å². The molecule has 12 heavy (non-hydrogen) atoms. The van der Waals surface area contributed by atoms with Crippen LogP contribution < -0.4 is 5.69 Å². The van der Waals surface area contributed by atoms with E-state index in [1.54, 1.807) is 6.20 Å². The highest BCUT2D eigenvalue weighted by Gasteiger charge is 1.98. The molecular formula is C8H7N3O. The van der Waals surface area contributed by atoms with E-state index in [-0.39, 0.29) is 5.69 Å². The molecule has 4 nitrogen and oxygen atoms in total. The molecule has 0 aliphatic heterocycles. The van der Waals surface area contributed by atoms with Crippen LogP contribution in [0.15, 0.2) is 23.1 Å². The van der Waals surface area contributed by atoms with E-state index in [0.717, 1.165) is 11.1 Å². The number of aryl methyl sites for hydroxylation is 1. The maximum Gasteiger partial charge on any atom is 0.347 e. The van der Waals surface area contributed by atoms with Crippen molar-refractivity contribution in [3.05, 3.63) is 34.5 Å². The molecule has 4 heteroatoms. The van der Waals surface area contributed by atoms with Gasteiger partial charge in [-0.25, -0.2) is 9.78 Å². The topological polar surface area (TPSA) is 58.6 Å². The zero-order valence-corrected chi connectivity index (χ0v) is 6.53. The maximum absolute atomic E-state index is 10.9. The second-order valence-electron chi connectivity index (χ2n) is 2.54. The molecule has 0 saturated carbocycles. The lowest BCUT2D eigenvalue weighted by molar-refractivity contribution is 1.05. The summed E-state index contributed by atoms with van der Waals surface area (Å²) in [7, 11) is 0. The molecule has 2 heterocycles. The molecule has 0 bridgehead atoms. The van der Waals surface area contributed by atoms with Crippen LogP contribution in [-0.2, 0) is 0 Å². The van der Waals surface area contributed by atoms with Crippen LogP contribution >= 0.6 is 0 Å². The van der Waals surface area contributed by atoms with Crippen LogP contribution in [0.2, 0.25) is 0 Å². The lowest BCUT2D eigenvalue weighted by atomic mass is 10.3. The van der Waals surface area contributed by atoms with Gasteiger partial charge < -0.3 is 4.98 Å². The molecule has 0 amide bonds. The standard InChI is InChI=1S/C8H7N3O/c1-5-6-3-2-4-9-7(6)11-8(12)10-5/h2-4H,1H3,(H,9,10,11,12). The van der Waals surface area contributed by atoms with Crippen molar-refractivity contribution in [2.45, 2.75) is 6.92 Å². The molecule has 0 fully saturated rings. The van der Waals surface area contributed by atoms with Crippen molar-refractivity contribution in [1.29, 1.82) is 0 Å². The quantitative estimate of drug-likeness (QED) is 0.616. The number of nitrogens with zero attached hydrogens (tertiary/aromatic N) is 2. The number of pyridine rings is 1. The number of H-pyrrole nitrogens is 1. The third-order valence-corrected chi connectivity index (χ3v) is 1.69. The minimum atomic E-state index is -0.348. The Morgan fingerprint density at radius 2 is 2.33 bits per heavy atom. The number of aromatic amines is 1. The Balaban J connectivity index is 2.99. The summed E-state index contributed by atoms with van der Waals surface area (Å²) in [5, 5.41) is 0.886. The first-order chi connectivity index (χ1) is 5.77. The summed E-state index contributed by atoms with van der Waals surface area (Å²) in [5.41, 5.74) is 0.954. The van der Waals surface area contributed by atoms with E-state index >= 15 is 0 Å². The monoisotopic (exact) mass is 161 g/mol. The summed E-state index contributed by atoms with van der Waals surface area (Å²) < 4.78 is 0. The van der Waals surface area contributed by atoms with Gasteiger partial charge in [-0.2, -0.15) is 4.98 Å². The number of hydrogen-bond donors (Lipinski definition) is 1. The highest BCUT2D eigenvalue weighted by molar-refractivity contribution is 5.76. The van der Waals surface area contributed by atoms with Crippen molar-refractivity contribution < 1.29 is 0 Å². The van der Waals surface area contributed by atoms with E-state index in [1.165, 1.54) is 0 Å². The molecule has 0 spiro atoms. The van der Waals surface area contributed by atoms with Crippen molar-refractivity contribution in [3.8, 4) is 0 Å². The van der Waals surface area contributed by atoms with E-state index in [1.807, 2.05) is 19.1 Å². The minimum absolute atomic E-state index is 0.348. The number of rotatable bonds is 0. The van der Waals surface area contributed by atoms with Crippen molar-refractivity contribution in [1.82, 2.24) is 15.0 Å². The van der Waals surface area contributed by atoms with Gasteiger partial charge in [0.15, 0.2) is 5.65 Å². The minimum Gasteiger partial charge on any atom is -0.309 e. The third-order valence-electron chi connectivity index (χ3n) is 1.69. The molecule has 2 aromatic heterocycles. The van der Waals surface area contributed by atoms with Crippen LogP contribution in [-0.4, -0.2) is 15.0 Å². The van der Waals surface area contributed by atoms with Crippen LogP contribution in [0.25, 0.3) is 11.0 Å². The molecule has 0 atom stereocenters. The molecule has 0 aromatic carbocycles. The zero-order chi connectivity index (χ0) is 8.55. The van der Waals surface area contributed by atoms with Gasteiger partial charge in [0.05, 0.1) is 0 Å². The van der Waals surface area contributed by atoms with Crippen LogP contribution in [0.1, 0.15) is 5.69 Å². The predicted molar refractivity (Wildman–Crippen MR) is 44.9 cm³/mol. The van der Waals surface area contributed by atoms with Gasteiger partial charge in [-0.05, 0) is 19.1 Å². The van der Waals surface area contributed by atoms with Crippen molar-refractivity contribution in [2.24, 2.45) is 0 Å². The first kappa shape index (κ1) is 6.97. The van der Waals surface area contributed by atoms with Crippen molar-refractivity contribution in [2.75, 3.05) is 0 Å². The summed E-state index contributed by atoms with van der Waals surface area (Å²) >= 11 is 0. The van der Waals surface area contributed by atoms with Crippen LogP contribution in [0.5, 0.6) is 0 Å². The van der Waals surface area contributed by atoms with E-state index in [2.05, 4.69) is 15.0 Å².